The summed E-state index contributed by atoms with van der Waals surface area (Å²) < 4.78 is 12.7. The molecule has 0 bridgehead atoms. The zero-order chi connectivity index (χ0) is 22.9. The number of thiophene rings is 2. The van der Waals surface area contributed by atoms with E-state index in [1.54, 1.807) is 43.4 Å². The van der Waals surface area contributed by atoms with Gasteiger partial charge in [0.25, 0.3) is 0 Å². The quantitative estimate of drug-likeness (QED) is 0.273. The summed E-state index contributed by atoms with van der Waals surface area (Å²) in [6, 6.07) is 16.0. The third-order valence-electron chi connectivity index (χ3n) is 4.77. The van der Waals surface area contributed by atoms with Crippen molar-refractivity contribution in [2.45, 2.75) is 26.4 Å². The van der Waals surface area contributed by atoms with Crippen molar-refractivity contribution >= 4 is 60.5 Å². The molecule has 0 unspecified atom stereocenters. The lowest BCUT2D eigenvalue weighted by Gasteiger charge is -2.21. The molecule has 2 heterocycles. The van der Waals surface area contributed by atoms with Crippen molar-refractivity contribution in [1.29, 1.82) is 0 Å². The topological polar surface area (TPSA) is 64.6 Å². The number of ether oxygens (including phenoxy) is 2. The zero-order valence-electron chi connectivity index (χ0n) is 18.2. The molecule has 7 heteroatoms. The maximum absolute atomic E-state index is 13.0. The largest absolute Gasteiger partial charge is 0.464 e. The Hall–Kier alpha value is -3.16. The molecule has 4 aromatic rings. The fourth-order valence-corrected chi connectivity index (χ4v) is 5.38. The van der Waals surface area contributed by atoms with Crippen LogP contribution in [0.5, 0.6) is 0 Å². The minimum atomic E-state index is -0.713. The molecule has 0 atom stereocenters. The first-order chi connectivity index (χ1) is 15.3. The van der Waals surface area contributed by atoms with Crippen LogP contribution in [0.4, 0.5) is 4.79 Å². The Morgan fingerprint density at radius 1 is 0.844 bits per heavy atom. The molecule has 0 spiro atoms. The number of esters is 1. The Labute approximate surface area is 194 Å². The molecule has 32 heavy (non-hydrogen) atoms. The Morgan fingerprint density at radius 3 is 1.81 bits per heavy atom. The number of alkyl carbamates (subject to hydrolysis) is 1. The van der Waals surface area contributed by atoms with E-state index in [1.807, 2.05) is 59.3 Å². The highest BCUT2D eigenvalue weighted by molar-refractivity contribution is 7.18. The molecule has 0 saturated heterocycles. The van der Waals surface area contributed by atoms with Crippen LogP contribution >= 0.6 is 22.7 Å². The van der Waals surface area contributed by atoms with Crippen LogP contribution in [0.25, 0.3) is 25.7 Å². The van der Waals surface area contributed by atoms with Crippen LogP contribution in [-0.4, -0.2) is 24.8 Å². The zero-order valence-corrected chi connectivity index (χ0v) is 19.9. The average molecular weight is 466 g/mol. The second-order valence-electron chi connectivity index (χ2n) is 8.16. The van der Waals surface area contributed by atoms with Crippen LogP contribution < -0.4 is 5.32 Å². The Bertz CT molecular complexity index is 1260. The van der Waals surface area contributed by atoms with Crippen molar-refractivity contribution in [3.8, 4) is 0 Å². The van der Waals surface area contributed by atoms with E-state index in [0.717, 1.165) is 31.3 Å². The SMILES string of the molecule is COC(=O)C(NC(=O)OC(C)(C)C)=C(c1csc2ccccc12)c1csc2ccccc12. The Kier molecular flexibility index (Phi) is 6.04. The van der Waals surface area contributed by atoms with E-state index >= 15 is 0 Å². The Morgan fingerprint density at radius 2 is 1.34 bits per heavy atom. The smallest absolute Gasteiger partial charge is 0.412 e. The minimum Gasteiger partial charge on any atom is -0.464 e. The monoisotopic (exact) mass is 465 g/mol. The molecule has 1 amide bonds. The van der Waals surface area contributed by atoms with Crippen LogP contribution in [0, 0.1) is 0 Å². The van der Waals surface area contributed by atoms with Crippen LogP contribution in [0.2, 0.25) is 0 Å². The fourth-order valence-electron chi connectivity index (χ4n) is 3.48. The summed E-state index contributed by atoms with van der Waals surface area (Å²) in [5.74, 6) is -0.642. The lowest BCUT2D eigenvalue weighted by molar-refractivity contribution is -0.136. The van der Waals surface area contributed by atoms with Gasteiger partial charge in [0, 0.05) is 36.9 Å². The first-order valence-corrected chi connectivity index (χ1v) is 11.8. The number of carbonyl (C=O) groups is 2. The fraction of sp³-hybridized carbons (Fsp3) is 0.200. The molecule has 0 aliphatic heterocycles. The molecule has 0 aliphatic carbocycles. The number of nitrogens with one attached hydrogen (secondary N) is 1. The van der Waals surface area contributed by atoms with E-state index in [4.69, 9.17) is 9.47 Å². The van der Waals surface area contributed by atoms with Gasteiger partial charge in [0.15, 0.2) is 0 Å². The highest BCUT2D eigenvalue weighted by Gasteiger charge is 2.27. The number of carbonyl (C=O) groups excluding carboxylic acids is 2. The summed E-state index contributed by atoms with van der Waals surface area (Å²) in [7, 11) is 1.30. The third-order valence-corrected chi connectivity index (χ3v) is 6.69. The third kappa shape index (κ3) is 4.40. The molecular formula is C25H23NO4S2. The first-order valence-electron chi connectivity index (χ1n) is 10.0. The van der Waals surface area contributed by atoms with Gasteiger partial charge < -0.3 is 9.47 Å². The predicted octanol–water partition coefficient (Wildman–Crippen LogP) is 6.57. The van der Waals surface area contributed by atoms with Gasteiger partial charge in [-0.15, -0.1) is 22.7 Å². The molecule has 0 radical (unpaired) electrons. The van der Waals surface area contributed by atoms with Crippen molar-refractivity contribution in [3.05, 3.63) is 76.1 Å². The van der Waals surface area contributed by atoms with Gasteiger partial charge in [0.1, 0.15) is 11.3 Å². The molecule has 5 nitrogen and oxygen atoms in total. The van der Waals surface area contributed by atoms with E-state index in [1.165, 1.54) is 7.11 Å². The van der Waals surface area contributed by atoms with E-state index in [9.17, 15) is 9.59 Å². The van der Waals surface area contributed by atoms with Gasteiger partial charge in [0.2, 0.25) is 0 Å². The van der Waals surface area contributed by atoms with Crippen molar-refractivity contribution in [1.82, 2.24) is 5.32 Å². The normalized spacial score (nSPS) is 11.4. The molecule has 2 aromatic heterocycles. The number of rotatable bonds is 4. The van der Waals surface area contributed by atoms with E-state index < -0.39 is 17.7 Å². The van der Waals surface area contributed by atoms with Crippen molar-refractivity contribution in [2.75, 3.05) is 7.11 Å². The van der Waals surface area contributed by atoms with E-state index in [-0.39, 0.29) is 5.70 Å². The summed E-state index contributed by atoms with van der Waals surface area (Å²) >= 11 is 3.17. The summed E-state index contributed by atoms with van der Waals surface area (Å²) in [4.78, 5) is 25.7. The van der Waals surface area contributed by atoms with Gasteiger partial charge in [0.05, 0.1) is 7.11 Å². The van der Waals surface area contributed by atoms with Crippen LogP contribution in [0.1, 0.15) is 31.9 Å². The van der Waals surface area contributed by atoms with Crippen LogP contribution in [0.15, 0.2) is 65.0 Å². The Balaban J connectivity index is 2.00. The minimum absolute atomic E-state index is 0.0499. The average Bonchev–Trinajstić information content (AvgIpc) is 3.37. The summed E-state index contributed by atoms with van der Waals surface area (Å²) in [5, 5.41) is 8.69. The van der Waals surface area contributed by atoms with Gasteiger partial charge in [-0.25, -0.2) is 9.59 Å². The predicted molar refractivity (Wildman–Crippen MR) is 131 cm³/mol. The molecule has 2 aromatic carbocycles. The maximum atomic E-state index is 13.0. The lowest BCUT2D eigenvalue weighted by Crippen LogP contribution is -2.35. The first kappa shape index (κ1) is 22.0. The molecule has 0 fully saturated rings. The number of methoxy groups -OCH3 is 1. The number of hydrogen-bond donors (Lipinski definition) is 1. The molecule has 164 valence electrons. The van der Waals surface area contributed by atoms with Crippen molar-refractivity contribution in [3.63, 3.8) is 0 Å². The summed E-state index contributed by atoms with van der Waals surface area (Å²) in [6.07, 6.45) is -0.713. The second kappa shape index (κ2) is 8.76. The number of benzene rings is 2. The standard InChI is InChI=1S/C25H23NO4S2/c1-25(2,3)30-24(28)26-22(23(27)29-4)21(17-13-31-19-11-7-5-9-15(17)19)18-14-32-20-12-8-6-10-16(18)20/h5-14H,1-4H3,(H,26,28). The number of fused-ring (bicyclic) bond motifs is 2. The van der Waals surface area contributed by atoms with Crippen LogP contribution in [-0.2, 0) is 14.3 Å². The molecule has 0 aliphatic rings. The van der Waals surface area contributed by atoms with Gasteiger partial charge in [-0.3, -0.25) is 5.32 Å². The summed E-state index contributed by atoms with van der Waals surface area (Å²) in [6.45, 7) is 5.31. The highest BCUT2D eigenvalue weighted by atomic mass is 32.1. The van der Waals surface area contributed by atoms with Crippen LogP contribution in [0.3, 0.4) is 0 Å². The van der Waals surface area contributed by atoms with Crippen molar-refractivity contribution < 1.29 is 19.1 Å². The van der Waals surface area contributed by atoms with Gasteiger partial charge in [-0.05, 0) is 43.7 Å². The molecule has 1 N–H and O–H groups in total. The molecule has 0 saturated carbocycles. The molecule has 4 rings (SSSR count). The van der Waals surface area contributed by atoms with Gasteiger partial charge >= 0.3 is 12.1 Å². The van der Waals surface area contributed by atoms with E-state index in [0.29, 0.717) is 5.57 Å². The molecular weight excluding hydrogens is 442 g/mol. The van der Waals surface area contributed by atoms with Gasteiger partial charge in [-0.2, -0.15) is 0 Å². The van der Waals surface area contributed by atoms with Crippen molar-refractivity contribution in [2.24, 2.45) is 0 Å². The summed E-state index contributed by atoms with van der Waals surface area (Å²) in [5.41, 5.74) is 1.65. The maximum Gasteiger partial charge on any atom is 0.412 e. The second-order valence-corrected chi connectivity index (χ2v) is 9.98. The number of amides is 1. The van der Waals surface area contributed by atoms with E-state index in [2.05, 4.69) is 5.32 Å². The lowest BCUT2D eigenvalue weighted by atomic mass is 9.94. The van der Waals surface area contributed by atoms with Gasteiger partial charge in [-0.1, -0.05) is 36.4 Å². The number of hydrogen-bond acceptors (Lipinski definition) is 6. The highest BCUT2D eigenvalue weighted by Crippen LogP contribution is 2.40.